The Hall–Kier alpha value is -1.16. The summed E-state index contributed by atoms with van der Waals surface area (Å²) in [5, 5.41) is 7.86. The van der Waals surface area contributed by atoms with Gasteiger partial charge in [0, 0.05) is 12.1 Å². The van der Waals surface area contributed by atoms with Gasteiger partial charge < -0.3 is 5.32 Å². The summed E-state index contributed by atoms with van der Waals surface area (Å²) in [7, 11) is 0. The summed E-state index contributed by atoms with van der Waals surface area (Å²) in [5.74, 6) is 0. The zero-order valence-corrected chi connectivity index (χ0v) is 8.70. The molecule has 4 heteroatoms. The van der Waals surface area contributed by atoms with Gasteiger partial charge >= 0.3 is 0 Å². The monoisotopic (exact) mass is 205 g/mol. The molecule has 1 aliphatic carbocycles. The lowest BCUT2D eigenvalue weighted by molar-refractivity contribution is 0.110. The van der Waals surface area contributed by atoms with Crippen LogP contribution in [0.2, 0.25) is 0 Å². The van der Waals surface area contributed by atoms with E-state index in [1.165, 1.54) is 24.8 Å². The summed E-state index contributed by atoms with van der Waals surface area (Å²) in [6.45, 7) is 1.78. The number of carbonyl (C=O) groups excluding carboxylic acids is 1. The molecule has 0 saturated heterocycles. The maximum atomic E-state index is 11.1. The first-order valence-corrected chi connectivity index (χ1v) is 5.66. The van der Waals surface area contributed by atoms with Crippen molar-refractivity contribution in [2.75, 3.05) is 6.54 Å². The average molecular weight is 205 g/mol. The highest BCUT2D eigenvalue weighted by molar-refractivity contribution is 5.75. The molecule has 2 aliphatic rings. The maximum Gasteiger partial charge on any atom is 0.168 e. The first-order chi connectivity index (χ1) is 7.40. The molecular formula is C11H15N3O. The Morgan fingerprint density at radius 3 is 3.00 bits per heavy atom. The molecule has 0 aromatic carbocycles. The van der Waals surface area contributed by atoms with Gasteiger partial charge in [0.25, 0.3) is 0 Å². The van der Waals surface area contributed by atoms with Crippen LogP contribution >= 0.6 is 0 Å². The van der Waals surface area contributed by atoms with Gasteiger partial charge in [0.1, 0.15) is 5.69 Å². The SMILES string of the molecule is O=Cc1c2c(nn1C1CCC1)CNCC2. The average Bonchev–Trinajstić information content (AvgIpc) is 2.53. The quantitative estimate of drug-likeness (QED) is 0.734. The third kappa shape index (κ3) is 1.32. The molecule has 3 rings (SSSR count). The number of nitrogens with one attached hydrogen (secondary N) is 1. The van der Waals surface area contributed by atoms with Crippen LogP contribution in [0, 0.1) is 0 Å². The summed E-state index contributed by atoms with van der Waals surface area (Å²) in [5.41, 5.74) is 3.09. The molecule has 4 nitrogen and oxygen atoms in total. The van der Waals surface area contributed by atoms with E-state index >= 15 is 0 Å². The molecule has 1 aliphatic heterocycles. The van der Waals surface area contributed by atoms with Crippen molar-refractivity contribution in [2.45, 2.75) is 38.3 Å². The number of carbonyl (C=O) groups is 1. The second-order valence-electron chi connectivity index (χ2n) is 4.38. The Morgan fingerprint density at radius 1 is 1.47 bits per heavy atom. The summed E-state index contributed by atoms with van der Waals surface area (Å²) in [6.07, 6.45) is 5.54. The van der Waals surface area contributed by atoms with Crippen molar-refractivity contribution in [3.63, 3.8) is 0 Å². The predicted molar refractivity (Wildman–Crippen MR) is 55.9 cm³/mol. The van der Waals surface area contributed by atoms with Crippen molar-refractivity contribution < 1.29 is 4.79 Å². The van der Waals surface area contributed by atoms with Crippen LogP contribution in [0.4, 0.5) is 0 Å². The number of hydrogen-bond donors (Lipinski definition) is 1. The highest BCUT2D eigenvalue weighted by Gasteiger charge is 2.27. The molecule has 15 heavy (non-hydrogen) atoms. The van der Waals surface area contributed by atoms with Crippen molar-refractivity contribution in [2.24, 2.45) is 0 Å². The maximum absolute atomic E-state index is 11.1. The van der Waals surface area contributed by atoms with E-state index in [1.54, 1.807) is 0 Å². The fraction of sp³-hybridized carbons (Fsp3) is 0.636. The fourth-order valence-corrected chi connectivity index (χ4v) is 2.40. The molecule has 0 unspecified atom stereocenters. The number of fused-ring (bicyclic) bond motifs is 1. The van der Waals surface area contributed by atoms with E-state index in [2.05, 4.69) is 10.4 Å². The van der Waals surface area contributed by atoms with Gasteiger partial charge in [-0.05, 0) is 32.2 Å². The number of rotatable bonds is 2. The minimum absolute atomic E-state index is 0.482. The van der Waals surface area contributed by atoms with E-state index in [1.807, 2.05) is 4.68 Å². The number of hydrogen-bond acceptors (Lipinski definition) is 3. The zero-order chi connectivity index (χ0) is 10.3. The highest BCUT2D eigenvalue weighted by atomic mass is 16.1. The molecule has 1 aromatic heterocycles. The van der Waals surface area contributed by atoms with E-state index in [-0.39, 0.29) is 0 Å². The van der Waals surface area contributed by atoms with Crippen LogP contribution in [0.3, 0.4) is 0 Å². The number of aromatic nitrogens is 2. The summed E-state index contributed by atoms with van der Waals surface area (Å²) >= 11 is 0. The van der Waals surface area contributed by atoms with Crippen molar-refractivity contribution in [3.05, 3.63) is 17.0 Å². The molecule has 1 aromatic rings. The first-order valence-electron chi connectivity index (χ1n) is 5.66. The Labute approximate surface area is 88.7 Å². The third-order valence-electron chi connectivity index (χ3n) is 3.51. The number of aldehydes is 1. The van der Waals surface area contributed by atoms with Crippen LogP contribution < -0.4 is 5.32 Å². The van der Waals surface area contributed by atoms with Crippen LogP contribution in [-0.4, -0.2) is 22.6 Å². The van der Waals surface area contributed by atoms with Crippen LogP contribution in [0.25, 0.3) is 0 Å². The molecule has 2 heterocycles. The van der Waals surface area contributed by atoms with Crippen LogP contribution in [-0.2, 0) is 13.0 Å². The second-order valence-corrected chi connectivity index (χ2v) is 4.38. The minimum Gasteiger partial charge on any atom is -0.311 e. The zero-order valence-electron chi connectivity index (χ0n) is 8.70. The lowest BCUT2D eigenvalue weighted by Gasteiger charge is -2.26. The summed E-state index contributed by atoms with van der Waals surface area (Å²) in [4.78, 5) is 11.1. The lowest BCUT2D eigenvalue weighted by Crippen LogP contribution is -2.23. The number of nitrogens with zero attached hydrogens (tertiary/aromatic N) is 2. The van der Waals surface area contributed by atoms with E-state index in [4.69, 9.17) is 0 Å². The van der Waals surface area contributed by atoms with Gasteiger partial charge in [0.15, 0.2) is 6.29 Å². The van der Waals surface area contributed by atoms with Crippen molar-refractivity contribution in [1.29, 1.82) is 0 Å². The van der Waals surface area contributed by atoms with Gasteiger partial charge in [-0.15, -0.1) is 0 Å². The Kier molecular flexibility index (Phi) is 2.09. The Bertz CT molecular complexity index is 393. The molecule has 0 amide bonds. The van der Waals surface area contributed by atoms with Crippen LogP contribution in [0.15, 0.2) is 0 Å². The van der Waals surface area contributed by atoms with Gasteiger partial charge in [0.05, 0.1) is 11.7 Å². The molecule has 0 bridgehead atoms. The smallest absolute Gasteiger partial charge is 0.168 e. The van der Waals surface area contributed by atoms with Crippen molar-refractivity contribution in [1.82, 2.24) is 15.1 Å². The minimum atomic E-state index is 0.482. The largest absolute Gasteiger partial charge is 0.311 e. The molecule has 0 atom stereocenters. The third-order valence-corrected chi connectivity index (χ3v) is 3.51. The molecule has 1 fully saturated rings. The molecule has 1 N–H and O–H groups in total. The first kappa shape index (κ1) is 9.09. The summed E-state index contributed by atoms with van der Waals surface area (Å²) in [6, 6.07) is 0.482. The van der Waals surface area contributed by atoms with E-state index in [9.17, 15) is 4.79 Å². The molecule has 0 spiro atoms. The Balaban J connectivity index is 2.05. The molecule has 80 valence electrons. The van der Waals surface area contributed by atoms with Gasteiger partial charge in [-0.25, -0.2) is 0 Å². The molecule has 0 radical (unpaired) electrons. The highest BCUT2D eigenvalue weighted by Crippen LogP contribution is 2.33. The van der Waals surface area contributed by atoms with Gasteiger partial charge in [0.2, 0.25) is 0 Å². The van der Waals surface area contributed by atoms with Crippen LogP contribution in [0.1, 0.15) is 47.1 Å². The van der Waals surface area contributed by atoms with Crippen molar-refractivity contribution in [3.8, 4) is 0 Å². The van der Waals surface area contributed by atoms with Crippen LogP contribution in [0.5, 0.6) is 0 Å². The van der Waals surface area contributed by atoms with E-state index in [0.29, 0.717) is 6.04 Å². The van der Waals surface area contributed by atoms with E-state index in [0.717, 1.165) is 37.2 Å². The topological polar surface area (TPSA) is 46.9 Å². The second kappa shape index (κ2) is 3.45. The predicted octanol–water partition coefficient (Wildman–Crippen LogP) is 1.07. The Morgan fingerprint density at radius 2 is 2.33 bits per heavy atom. The molecule has 1 saturated carbocycles. The summed E-state index contributed by atoms with van der Waals surface area (Å²) < 4.78 is 1.97. The van der Waals surface area contributed by atoms with Gasteiger partial charge in [-0.2, -0.15) is 5.10 Å². The normalized spacial score (nSPS) is 20.8. The van der Waals surface area contributed by atoms with Crippen molar-refractivity contribution >= 4 is 6.29 Å². The van der Waals surface area contributed by atoms with E-state index < -0.39 is 0 Å². The standard InChI is InChI=1S/C11H15N3O/c15-7-11-9-4-5-12-6-10(9)13-14(11)8-2-1-3-8/h7-8,12H,1-6H2. The van der Waals surface area contributed by atoms with Gasteiger partial charge in [-0.1, -0.05) is 0 Å². The fourth-order valence-electron chi connectivity index (χ4n) is 2.40. The van der Waals surface area contributed by atoms with Gasteiger partial charge in [-0.3, -0.25) is 9.48 Å². The molecular weight excluding hydrogens is 190 g/mol. The lowest BCUT2D eigenvalue weighted by atomic mass is 9.93.